The molecule has 0 unspecified atom stereocenters. The molecule has 168 valence electrons. The highest BCUT2D eigenvalue weighted by Gasteiger charge is 2.34. The Morgan fingerprint density at radius 2 is 1.94 bits per heavy atom. The van der Waals surface area contributed by atoms with Crippen LogP contribution < -0.4 is 10.2 Å². The van der Waals surface area contributed by atoms with Gasteiger partial charge in [-0.3, -0.25) is 15.0 Å². The molecule has 0 spiro atoms. The van der Waals surface area contributed by atoms with Crippen molar-refractivity contribution in [2.75, 3.05) is 0 Å². The Bertz CT molecular complexity index is 1320. The van der Waals surface area contributed by atoms with Crippen molar-refractivity contribution in [2.45, 2.75) is 26.9 Å². The molecule has 8 heteroatoms. The number of hydrogen-bond donors (Lipinski definition) is 1. The maximum absolute atomic E-state index is 13.2. The molecule has 1 N–H and O–H groups in total. The van der Waals surface area contributed by atoms with Gasteiger partial charge in [0.05, 0.1) is 21.6 Å². The summed E-state index contributed by atoms with van der Waals surface area (Å²) in [6, 6.07) is 16.9. The lowest BCUT2D eigenvalue weighted by molar-refractivity contribution is -0.123. The second-order valence-electron chi connectivity index (χ2n) is 7.81. The first-order valence-electron chi connectivity index (χ1n) is 10.3. The van der Waals surface area contributed by atoms with Crippen molar-refractivity contribution in [2.24, 2.45) is 0 Å². The number of hydrazine groups is 1. The summed E-state index contributed by atoms with van der Waals surface area (Å²) in [6.45, 7) is 5.78. The molecule has 1 aliphatic rings. The smallest absolute Gasteiger partial charge is 0.285 e. The zero-order valence-corrected chi connectivity index (χ0v) is 20.6. The Balaban J connectivity index is 1.67. The topological polar surface area (TPSA) is 58.6 Å². The zero-order valence-electron chi connectivity index (χ0n) is 18.2. The van der Waals surface area contributed by atoms with Gasteiger partial charge < -0.3 is 4.74 Å². The Hall–Kier alpha value is -2.87. The summed E-state index contributed by atoms with van der Waals surface area (Å²) in [5.41, 5.74) is 4.56. The highest BCUT2D eigenvalue weighted by molar-refractivity contribution is 8.26. The van der Waals surface area contributed by atoms with Gasteiger partial charge in [0.1, 0.15) is 5.75 Å². The molecular formula is C25H21ClN2O3S2. The molecule has 1 heterocycles. The molecule has 1 fully saturated rings. The van der Waals surface area contributed by atoms with Gasteiger partial charge in [-0.25, -0.2) is 0 Å². The number of amides is 2. The minimum atomic E-state index is -0.508. The maximum Gasteiger partial charge on any atom is 0.285 e. The van der Waals surface area contributed by atoms with Gasteiger partial charge in [-0.1, -0.05) is 59.8 Å². The summed E-state index contributed by atoms with van der Waals surface area (Å²) in [7, 11) is 0. The Labute approximate surface area is 206 Å². The standard InChI is InChI=1S/C25H21ClN2O3S2/c1-14(2)31-21-11-9-16-6-4-5-7-17(16)19(21)13-22-24(30)28(25(32)33-22)27-23(29)18-10-8-15(3)12-20(18)26/h4-14H,1-3H3,(H,27,29)/b22-13-. The molecule has 3 aromatic rings. The first-order valence-corrected chi connectivity index (χ1v) is 11.9. The van der Waals surface area contributed by atoms with Crippen LogP contribution in [-0.4, -0.2) is 27.2 Å². The molecule has 1 aliphatic heterocycles. The third-order valence-electron chi connectivity index (χ3n) is 4.95. The number of benzene rings is 3. The predicted molar refractivity (Wildman–Crippen MR) is 138 cm³/mol. The number of aryl methyl sites for hydroxylation is 1. The normalized spacial score (nSPS) is 15.1. The van der Waals surface area contributed by atoms with Crippen molar-refractivity contribution < 1.29 is 14.3 Å². The third-order valence-corrected chi connectivity index (χ3v) is 6.56. The molecule has 33 heavy (non-hydrogen) atoms. The molecular weight excluding hydrogens is 476 g/mol. The van der Waals surface area contributed by atoms with Crippen LogP contribution in [0.2, 0.25) is 5.02 Å². The van der Waals surface area contributed by atoms with Crippen LogP contribution >= 0.6 is 35.6 Å². The number of carbonyl (C=O) groups excluding carboxylic acids is 2. The van der Waals surface area contributed by atoms with Crippen LogP contribution in [0.5, 0.6) is 5.75 Å². The van der Waals surface area contributed by atoms with Gasteiger partial charge in [-0.2, -0.15) is 5.01 Å². The second-order valence-corrected chi connectivity index (χ2v) is 9.89. The average Bonchev–Trinajstić information content (AvgIpc) is 3.02. The number of halogens is 1. The fraction of sp³-hybridized carbons (Fsp3) is 0.160. The lowest BCUT2D eigenvalue weighted by Crippen LogP contribution is -2.44. The van der Waals surface area contributed by atoms with E-state index >= 15 is 0 Å². The number of ether oxygens (including phenoxy) is 1. The van der Waals surface area contributed by atoms with E-state index in [1.165, 1.54) is 0 Å². The number of carbonyl (C=O) groups is 2. The van der Waals surface area contributed by atoms with E-state index in [1.807, 2.05) is 57.2 Å². The number of rotatable bonds is 5. The van der Waals surface area contributed by atoms with E-state index in [1.54, 1.807) is 24.3 Å². The molecule has 2 amide bonds. The number of thiocarbonyl (C=S) groups is 1. The third kappa shape index (κ3) is 4.90. The van der Waals surface area contributed by atoms with Crippen LogP contribution in [0.1, 0.15) is 35.3 Å². The molecule has 0 atom stereocenters. The van der Waals surface area contributed by atoms with Crippen molar-refractivity contribution in [1.82, 2.24) is 10.4 Å². The van der Waals surface area contributed by atoms with Crippen molar-refractivity contribution in [3.63, 3.8) is 0 Å². The molecule has 5 nitrogen and oxygen atoms in total. The SMILES string of the molecule is Cc1ccc(C(=O)NN2C(=O)/C(=C/c3c(OC(C)C)ccc4ccccc34)SC2=S)c(Cl)c1. The van der Waals surface area contributed by atoms with Gasteiger partial charge >= 0.3 is 0 Å². The summed E-state index contributed by atoms with van der Waals surface area (Å²) in [5.74, 6) is -0.249. The van der Waals surface area contributed by atoms with Crippen molar-refractivity contribution in [3.8, 4) is 5.75 Å². The summed E-state index contributed by atoms with van der Waals surface area (Å²) < 4.78 is 6.23. The lowest BCUT2D eigenvalue weighted by atomic mass is 10.0. The number of nitrogens with zero attached hydrogens (tertiary/aromatic N) is 1. The molecule has 0 aromatic heterocycles. The van der Waals surface area contributed by atoms with Crippen LogP contribution in [0, 0.1) is 6.92 Å². The summed E-state index contributed by atoms with van der Waals surface area (Å²) in [6.07, 6.45) is 1.73. The Kier molecular flexibility index (Phi) is 6.74. The number of hydrogen-bond acceptors (Lipinski definition) is 5. The van der Waals surface area contributed by atoms with Gasteiger partial charge in [0.2, 0.25) is 0 Å². The highest BCUT2D eigenvalue weighted by atomic mass is 35.5. The largest absolute Gasteiger partial charge is 0.490 e. The van der Waals surface area contributed by atoms with E-state index in [9.17, 15) is 9.59 Å². The van der Waals surface area contributed by atoms with Crippen molar-refractivity contribution >= 4 is 68.6 Å². The van der Waals surface area contributed by atoms with Gasteiger partial charge in [0.25, 0.3) is 11.8 Å². The van der Waals surface area contributed by atoms with Crippen molar-refractivity contribution in [1.29, 1.82) is 0 Å². The van der Waals surface area contributed by atoms with E-state index in [2.05, 4.69) is 5.43 Å². The molecule has 1 saturated heterocycles. The quantitative estimate of drug-likeness (QED) is 0.340. The number of thioether (sulfide) groups is 1. The molecule has 0 bridgehead atoms. The van der Waals surface area contributed by atoms with E-state index in [0.717, 1.165) is 38.7 Å². The molecule has 0 aliphatic carbocycles. The van der Waals surface area contributed by atoms with E-state index < -0.39 is 11.8 Å². The minimum Gasteiger partial charge on any atom is -0.490 e. The Morgan fingerprint density at radius 1 is 1.18 bits per heavy atom. The first kappa shape index (κ1) is 23.3. The van der Waals surface area contributed by atoms with E-state index in [4.69, 9.17) is 28.6 Å². The number of fused-ring (bicyclic) bond motifs is 1. The van der Waals surface area contributed by atoms with Gasteiger partial charge in [-0.05, 0) is 73.6 Å². The average molecular weight is 497 g/mol. The van der Waals surface area contributed by atoms with Crippen LogP contribution in [0.15, 0.2) is 59.5 Å². The fourth-order valence-electron chi connectivity index (χ4n) is 3.44. The zero-order chi connectivity index (χ0) is 23.7. The highest BCUT2D eigenvalue weighted by Crippen LogP contribution is 2.37. The van der Waals surface area contributed by atoms with Crippen LogP contribution in [0.25, 0.3) is 16.8 Å². The fourth-order valence-corrected chi connectivity index (χ4v) is 4.92. The summed E-state index contributed by atoms with van der Waals surface area (Å²) in [4.78, 5) is 26.3. The van der Waals surface area contributed by atoms with E-state index in [-0.39, 0.29) is 16.0 Å². The van der Waals surface area contributed by atoms with E-state index in [0.29, 0.717) is 15.7 Å². The van der Waals surface area contributed by atoms with Gasteiger partial charge in [-0.15, -0.1) is 0 Å². The first-order chi connectivity index (χ1) is 15.7. The molecule has 3 aromatic carbocycles. The Morgan fingerprint density at radius 3 is 2.67 bits per heavy atom. The van der Waals surface area contributed by atoms with Gasteiger partial charge in [0, 0.05) is 5.56 Å². The second kappa shape index (κ2) is 9.55. The van der Waals surface area contributed by atoms with Crippen LogP contribution in [-0.2, 0) is 4.79 Å². The summed E-state index contributed by atoms with van der Waals surface area (Å²) in [5, 5.41) is 3.37. The van der Waals surface area contributed by atoms with Crippen LogP contribution in [0.3, 0.4) is 0 Å². The summed E-state index contributed by atoms with van der Waals surface area (Å²) >= 11 is 12.7. The van der Waals surface area contributed by atoms with Crippen molar-refractivity contribution in [3.05, 3.63) is 81.2 Å². The van der Waals surface area contributed by atoms with Gasteiger partial charge in [0.15, 0.2) is 4.32 Å². The molecule has 0 saturated carbocycles. The lowest BCUT2D eigenvalue weighted by Gasteiger charge is -2.16. The minimum absolute atomic E-state index is 0.0358. The predicted octanol–water partition coefficient (Wildman–Crippen LogP) is 6.14. The monoisotopic (exact) mass is 496 g/mol. The number of nitrogens with one attached hydrogen (secondary N) is 1. The maximum atomic E-state index is 13.2. The van der Waals surface area contributed by atoms with Crippen LogP contribution in [0.4, 0.5) is 0 Å². The molecule has 0 radical (unpaired) electrons. The molecule has 4 rings (SSSR count).